The number of ether oxygens (including phenoxy) is 2. The fourth-order valence-electron chi connectivity index (χ4n) is 5.49. The highest BCUT2D eigenvalue weighted by Gasteiger charge is 2.27. The molecule has 4 aromatic rings. The molecule has 1 fully saturated rings. The number of pyridine rings is 1. The Labute approximate surface area is 275 Å². The van der Waals surface area contributed by atoms with Gasteiger partial charge in [-0.15, -0.1) is 0 Å². The number of aromatic nitrogens is 1. The maximum atomic E-state index is 13.5. The second-order valence-corrected chi connectivity index (χ2v) is 12.8. The van der Waals surface area contributed by atoms with Gasteiger partial charge in [0.25, 0.3) is 0 Å². The van der Waals surface area contributed by atoms with Crippen molar-refractivity contribution < 1.29 is 23.9 Å². The first kappa shape index (κ1) is 33.4. The van der Waals surface area contributed by atoms with Crippen LogP contribution >= 0.6 is 0 Å². The van der Waals surface area contributed by atoms with Gasteiger partial charge in [-0.2, -0.15) is 0 Å². The van der Waals surface area contributed by atoms with E-state index in [2.05, 4.69) is 31.9 Å². The number of morpholine rings is 1. The van der Waals surface area contributed by atoms with Crippen LogP contribution in [0.2, 0.25) is 0 Å². The lowest BCUT2D eigenvalue weighted by molar-refractivity contribution is -0.145. The van der Waals surface area contributed by atoms with Crippen LogP contribution in [0.1, 0.15) is 32.0 Å². The summed E-state index contributed by atoms with van der Waals surface area (Å²) in [5, 5.41) is 10.4. The molecule has 246 valence electrons. The zero-order valence-corrected chi connectivity index (χ0v) is 27.8. The molecule has 1 aliphatic rings. The fraction of sp³-hybridized carbons (Fsp3) is 0.333. The number of fused-ring (bicyclic) bond motifs is 1. The van der Waals surface area contributed by atoms with Gasteiger partial charge in [-0.05, 0) is 60.3 Å². The molecule has 3 aromatic carbocycles. The first-order valence-corrected chi connectivity index (χ1v) is 15.5. The van der Waals surface area contributed by atoms with Crippen molar-refractivity contribution >= 4 is 45.7 Å². The molecule has 0 radical (unpaired) electrons. The largest absolute Gasteiger partial charge is 0.492 e. The van der Waals surface area contributed by atoms with E-state index in [1.807, 2.05) is 89.6 Å². The number of amides is 4. The normalized spacial score (nSPS) is 13.4. The number of benzene rings is 3. The third kappa shape index (κ3) is 7.87. The highest BCUT2D eigenvalue weighted by atomic mass is 16.5. The molecule has 11 nitrogen and oxygen atoms in total. The number of nitrogens with one attached hydrogen (secondary N) is 3. The van der Waals surface area contributed by atoms with Crippen LogP contribution in [0.25, 0.3) is 21.9 Å². The first-order valence-electron chi connectivity index (χ1n) is 15.5. The van der Waals surface area contributed by atoms with E-state index in [1.165, 1.54) is 12.0 Å². The van der Waals surface area contributed by atoms with Gasteiger partial charge in [0.05, 0.1) is 43.1 Å². The summed E-state index contributed by atoms with van der Waals surface area (Å²) in [4.78, 5) is 47.6. The van der Waals surface area contributed by atoms with E-state index in [0.717, 1.165) is 39.7 Å². The number of hydrogen-bond acceptors (Lipinski definition) is 7. The molecule has 3 N–H and O–H groups in total. The Morgan fingerprint density at radius 3 is 2.17 bits per heavy atom. The van der Waals surface area contributed by atoms with Crippen LogP contribution in [-0.2, 0) is 26.3 Å². The molecule has 4 amide bonds. The summed E-state index contributed by atoms with van der Waals surface area (Å²) >= 11 is 0. The summed E-state index contributed by atoms with van der Waals surface area (Å²) < 4.78 is 11.0. The molecule has 0 spiro atoms. The molecule has 47 heavy (non-hydrogen) atoms. The van der Waals surface area contributed by atoms with Gasteiger partial charge in [0, 0.05) is 36.8 Å². The molecule has 11 heteroatoms. The Morgan fingerprint density at radius 2 is 1.55 bits per heavy atom. The van der Waals surface area contributed by atoms with Crippen molar-refractivity contribution in [2.45, 2.75) is 32.7 Å². The fourth-order valence-corrected chi connectivity index (χ4v) is 5.49. The lowest BCUT2D eigenvalue weighted by Crippen LogP contribution is -2.45. The van der Waals surface area contributed by atoms with Gasteiger partial charge < -0.3 is 35.2 Å². The molecular formula is C36H42N6O5. The van der Waals surface area contributed by atoms with Gasteiger partial charge >= 0.3 is 17.8 Å². The molecular weight excluding hydrogens is 596 g/mol. The quantitative estimate of drug-likeness (QED) is 0.222. The highest BCUT2D eigenvalue weighted by Crippen LogP contribution is 2.39. The van der Waals surface area contributed by atoms with E-state index in [4.69, 9.17) is 9.47 Å². The van der Waals surface area contributed by atoms with Crippen molar-refractivity contribution in [1.29, 1.82) is 0 Å². The zero-order valence-electron chi connectivity index (χ0n) is 27.8. The molecule has 1 saturated heterocycles. The zero-order chi connectivity index (χ0) is 33.7. The van der Waals surface area contributed by atoms with Crippen LogP contribution in [0, 0.1) is 0 Å². The smallest absolute Gasteiger partial charge is 0.323 e. The standard InChI is InChI=1S/C36H42N6O5/c1-36(2,3)24-19-30(38-33(43)34(44)42-15-17-47-18-16-42)32(46-6)31(20-24)40-35(45)39-29-14-13-26(27-9-7-8-10-28(27)29)23-11-12-25(37-21-23)22-41(4)5/h7-14,19-21H,15-18,22H2,1-6H3,(H,38,43)(H2,39,40,45). The lowest BCUT2D eigenvalue weighted by Gasteiger charge is -2.27. The van der Waals surface area contributed by atoms with Crippen LogP contribution in [0.5, 0.6) is 5.75 Å². The summed E-state index contributed by atoms with van der Waals surface area (Å²) in [6.45, 7) is 8.24. The average Bonchev–Trinajstić information content (AvgIpc) is 3.04. The van der Waals surface area contributed by atoms with Gasteiger partial charge in [0.2, 0.25) is 0 Å². The second kappa shape index (κ2) is 14.2. The number of methoxy groups -OCH3 is 1. The molecule has 1 aliphatic heterocycles. The third-order valence-electron chi connectivity index (χ3n) is 7.93. The highest BCUT2D eigenvalue weighted by molar-refractivity contribution is 6.39. The van der Waals surface area contributed by atoms with E-state index < -0.39 is 17.8 Å². The minimum absolute atomic E-state index is 0.224. The van der Waals surface area contributed by atoms with Gasteiger partial charge in [-0.25, -0.2) is 4.79 Å². The molecule has 0 saturated carbocycles. The van der Waals surface area contributed by atoms with Crippen molar-refractivity contribution in [3.8, 4) is 16.9 Å². The number of nitrogens with zero attached hydrogens (tertiary/aromatic N) is 3. The van der Waals surface area contributed by atoms with Gasteiger partial charge in [-0.3, -0.25) is 14.6 Å². The van der Waals surface area contributed by atoms with Gasteiger partial charge in [-0.1, -0.05) is 57.2 Å². The summed E-state index contributed by atoms with van der Waals surface area (Å²) in [5.41, 5.74) is 4.68. The number of hydrogen-bond donors (Lipinski definition) is 3. The Morgan fingerprint density at radius 1 is 0.894 bits per heavy atom. The van der Waals surface area contributed by atoms with Crippen molar-refractivity contribution in [3.05, 3.63) is 78.1 Å². The summed E-state index contributed by atoms with van der Waals surface area (Å²) in [7, 11) is 5.47. The minimum Gasteiger partial charge on any atom is -0.492 e. The summed E-state index contributed by atoms with van der Waals surface area (Å²) in [5.74, 6) is -1.22. The monoisotopic (exact) mass is 638 g/mol. The van der Waals surface area contributed by atoms with Crippen molar-refractivity contribution in [3.63, 3.8) is 0 Å². The topological polar surface area (TPSA) is 125 Å². The SMILES string of the molecule is COc1c(NC(=O)Nc2ccc(-c3ccc(CN(C)C)nc3)c3ccccc23)cc(C(C)(C)C)cc1NC(=O)C(=O)N1CCOCC1. The van der Waals surface area contributed by atoms with E-state index in [0.29, 0.717) is 37.7 Å². The molecule has 0 atom stereocenters. The molecule has 0 unspecified atom stereocenters. The first-order chi connectivity index (χ1) is 22.4. The Hall–Kier alpha value is -5.00. The van der Waals surface area contributed by atoms with Crippen molar-refractivity contribution in [2.75, 3.05) is 63.5 Å². The van der Waals surface area contributed by atoms with Gasteiger partial charge in [0.1, 0.15) is 0 Å². The van der Waals surface area contributed by atoms with Gasteiger partial charge in [0.15, 0.2) is 5.75 Å². The van der Waals surface area contributed by atoms with E-state index >= 15 is 0 Å². The predicted molar refractivity (Wildman–Crippen MR) is 185 cm³/mol. The molecule has 0 aliphatic carbocycles. The van der Waals surface area contributed by atoms with E-state index in [9.17, 15) is 14.4 Å². The van der Waals surface area contributed by atoms with E-state index in [-0.39, 0.29) is 16.9 Å². The molecule has 5 rings (SSSR count). The number of carbonyl (C=O) groups is 3. The minimum atomic E-state index is -0.791. The Balaban J connectivity index is 1.41. The molecule has 2 heterocycles. The molecule has 0 bridgehead atoms. The maximum absolute atomic E-state index is 13.5. The lowest BCUT2D eigenvalue weighted by atomic mass is 9.86. The summed E-state index contributed by atoms with van der Waals surface area (Å²) in [6.07, 6.45) is 1.87. The number of urea groups is 1. The average molecular weight is 639 g/mol. The molecule has 1 aromatic heterocycles. The van der Waals surface area contributed by atoms with Crippen LogP contribution in [-0.4, -0.2) is 80.1 Å². The number of carbonyl (C=O) groups excluding carboxylic acids is 3. The number of anilines is 3. The van der Waals surface area contributed by atoms with Crippen LogP contribution in [0.4, 0.5) is 21.9 Å². The second-order valence-electron chi connectivity index (χ2n) is 12.8. The maximum Gasteiger partial charge on any atom is 0.323 e. The van der Waals surface area contributed by atoms with Crippen molar-refractivity contribution in [2.24, 2.45) is 0 Å². The van der Waals surface area contributed by atoms with E-state index in [1.54, 1.807) is 6.07 Å². The third-order valence-corrected chi connectivity index (χ3v) is 7.93. The summed E-state index contributed by atoms with van der Waals surface area (Å²) in [6, 6.07) is 18.9. The Bertz CT molecular complexity index is 1780. The predicted octanol–water partition coefficient (Wildman–Crippen LogP) is 5.71. The van der Waals surface area contributed by atoms with Crippen LogP contribution in [0.3, 0.4) is 0 Å². The van der Waals surface area contributed by atoms with Crippen LogP contribution in [0.15, 0.2) is 66.9 Å². The Kier molecular flexibility index (Phi) is 10.1. The van der Waals surface area contributed by atoms with Crippen LogP contribution < -0.4 is 20.7 Å². The van der Waals surface area contributed by atoms with Crippen molar-refractivity contribution in [1.82, 2.24) is 14.8 Å². The number of rotatable bonds is 7.